The van der Waals surface area contributed by atoms with Gasteiger partial charge in [0.2, 0.25) is 0 Å². The minimum atomic E-state index is -0.750. The van der Waals surface area contributed by atoms with E-state index in [-0.39, 0.29) is 19.0 Å². The summed E-state index contributed by atoms with van der Waals surface area (Å²) in [5, 5.41) is 24.4. The van der Waals surface area contributed by atoms with Gasteiger partial charge in [-0.3, -0.25) is 9.48 Å². The maximum atomic E-state index is 12.5. The second kappa shape index (κ2) is 7.71. The van der Waals surface area contributed by atoms with Gasteiger partial charge in [0.15, 0.2) is 0 Å². The molecule has 8 heteroatoms. The average molecular weight is 340 g/mol. The van der Waals surface area contributed by atoms with Crippen LogP contribution in [-0.4, -0.2) is 48.4 Å². The molecule has 0 saturated heterocycles. The lowest BCUT2D eigenvalue weighted by atomic mass is 10.1. The minimum Gasteiger partial charge on any atom is -0.389 e. The van der Waals surface area contributed by atoms with Gasteiger partial charge in [-0.1, -0.05) is 35.5 Å². The fraction of sp³-hybridized carbons (Fsp3) is 0.294. The number of rotatable bonds is 7. The largest absolute Gasteiger partial charge is 0.389 e. The van der Waals surface area contributed by atoms with E-state index in [0.717, 1.165) is 11.3 Å². The number of benzene rings is 1. The molecule has 25 heavy (non-hydrogen) atoms. The van der Waals surface area contributed by atoms with Crippen molar-refractivity contribution < 1.29 is 9.90 Å². The summed E-state index contributed by atoms with van der Waals surface area (Å²) in [6.07, 6.45) is 4.61. The van der Waals surface area contributed by atoms with Gasteiger partial charge in [0.1, 0.15) is 0 Å². The van der Waals surface area contributed by atoms with Gasteiger partial charge < -0.3 is 10.4 Å². The molecule has 0 bridgehead atoms. The van der Waals surface area contributed by atoms with Crippen molar-refractivity contribution in [3.63, 3.8) is 0 Å². The zero-order chi connectivity index (χ0) is 17.6. The molecular formula is C17H20N6O2. The summed E-state index contributed by atoms with van der Waals surface area (Å²) in [5.41, 5.74) is 2.44. The molecule has 2 N–H and O–H groups in total. The Morgan fingerprint density at radius 3 is 2.84 bits per heavy atom. The molecule has 0 aliphatic rings. The van der Waals surface area contributed by atoms with Crippen LogP contribution in [0.15, 0.2) is 48.9 Å². The summed E-state index contributed by atoms with van der Waals surface area (Å²) >= 11 is 0. The molecule has 2 heterocycles. The van der Waals surface area contributed by atoms with E-state index in [9.17, 15) is 9.90 Å². The Balaban J connectivity index is 1.62. The Labute approximate surface area is 145 Å². The van der Waals surface area contributed by atoms with Crippen molar-refractivity contribution in [2.45, 2.75) is 19.1 Å². The van der Waals surface area contributed by atoms with E-state index in [0.29, 0.717) is 12.0 Å². The molecule has 0 spiro atoms. The van der Waals surface area contributed by atoms with E-state index in [1.807, 2.05) is 37.4 Å². The van der Waals surface area contributed by atoms with Crippen molar-refractivity contribution in [2.24, 2.45) is 7.05 Å². The highest BCUT2D eigenvalue weighted by atomic mass is 16.3. The number of aromatic nitrogens is 5. The van der Waals surface area contributed by atoms with Crippen LogP contribution in [0.3, 0.4) is 0 Å². The number of hydrogen-bond donors (Lipinski definition) is 2. The molecule has 1 unspecified atom stereocenters. The Morgan fingerprint density at radius 1 is 1.32 bits per heavy atom. The Kier molecular flexibility index (Phi) is 5.20. The molecule has 0 aliphatic heterocycles. The Bertz CT molecular complexity index is 813. The number of aliphatic hydroxyl groups excluding tert-OH is 1. The van der Waals surface area contributed by atoms with Gasteiger partial charge in [-0.25, -0.2) is 4.68 Å². The molecule has 1 amide bonds. The zero-order valence-corrected chi connectivity index (χ0v) is 13.9. The fourth-order valence-corrected chi connectivity index (χ4v) is 2.57. The smallest absolute Gasteiger partial charge is 0.254 e. The van der Waals surface area contributed by atoms with E-state index in [2.05, 4.69) is 20.7 Å². The standard InChI is InChI=1S/C17H20N6O2/c1-22-16(9-13-5-3-2-4-6-13)15(11-20-22)17(25)18-10-14(24)12-23-8-7-19-21-23/h2-8,11,14,24H,9-10,12H2,1H3,(H,18,25). The lowest BCUT2D eigenvalue weighted by Gasteiger charge is -2.12. The highest BCUT2D eigenvalue weighted by Crippen LogP contribution is 2.13. The monoisotopic (exact) mass is 340 g/mol. The first-order valence-electron chi connectivity index (χ1n) is 7.98. The van der Waals surface area contributed by atoms with Crippen LogP contribution >= 0.6 is 0 Å². The van der Waals surface area contributed by atoms with Gasteiger partial charge in [-0.15, -0.1) is 5.10 Å². The summed E-state index contributed by atoms with van der Waals surface area (Å²) < 4.78 is 3.22. The van der Waals surface area contributed by atoms with Crippen molar-refractivity contribution in [3.05, 3.63) is 65.7 Å². The summed E-state index contributed by atoms with van der Waals surface area (Å²) in [7, 11) is 1.81. The van der Waals surface area contributed by atoms with Crippen LogP contribution in [0.4, 0.5) is 0 Å². The van der Waals surface area contributed by atoms with Crippen molar-refractivity contribution in [1.82, 2.24) is 30.1 Å². The van der Waals surface area contributed by atoms with Gasteiger partial charge in [-0.05, 0) is 5.56 Å². The second-order valence-corrected chi connectivity index (χ2v) is 5.78. The predicted octanol–water partition coefficient (Wildman–Crippen LogP) is 0.393. The number of nitrogens with one attached hydrogen (secondary N) is 1. The molecule has 130 valence electrons. The normalized spacial score (nSPS) is 12.1. The lowest BCUT2D eigenvalue weighted by molar-refractivity contribution is 0.0899. The molecule has 3 aromatic rings. The third kappa shape index (κ3) is 4.30. The van der Waals surface area contributed by atoms with Crippen molar-refractivity contribution in [1.29, 1.82) is 0 Å². The first-order chi connectivity index (χ1) is 12.1. The van der Waals surface area contributed by atoms with Crippen LogP contribution in [0, 0.1) is 0 Å². The van der Waals surface area contributed by atoms with Gasteiger partial charge >= 0.3 is 0 Å². The van der Waals surface area contributed by atoms with Crippen LogP contribution in [-0.2, 0) is 20.0 Å². The molecule has 0 saturated carbocycles. The molecule has 8 nitrogen and oxygen atoms in total. The quantitative estimate of drug-likeness (QED) is 0.648. The SMILES string of the molecule is Cn1ncc(C(=O)NCC(O)Cn2ccnn2)c1Cc1ccccc1. The number of carbonyl (C=O) groups is 1. The molecule has 1 aromatic carbocycles. The van der Waals surface area contributed by atoms with Crippen LogP contribution in [0.25, 0.3) is 0 Å². The summed E-state index contributed by atoms with van der Waals surface area (Å²) in [6, 6.07) is 9.90. The Morgan fingerprint density at radius 2 is 2.12 bits per heavy atom. The van der Waals surface area contributed by atoms with Crippen LogP contribution < -0.4 is 5.32 Å². The molecule has 2 aromatic heterocycles. The summed E-state index contributed by atoms with van der Waals surface area (Å²) in [4.78, 5) is 12.5. The van der Waals surface area contributed by atoms with Gasteiger partial charge in [0.05, 0.1) is 36.3 Å². The maximum absolute atomic E-state index is 12.5. The molecular weight excluding hydrogens is 320 g/mol. The van der Waals surface area contributed by atoms with E-state index >= 15 is 0 Å². The van der Waals surface area contributed by atoms with E-state index < -0.39 is 6.10 Å². The third-order valence-electron chi connectivity index (χ3n) is 3.89. The number of carbonyl (C=O) groups excluding carboxylic acids is 1. The van der Waals surface area contributed by atoms with Gasteiger partial charge in [0, 0.05) is 26.2 Å². The van der Waals surface area contributed by atoms with E-state index in [1.165, 1.54) is 10.9 Å². The van der Waals surface area contributed by atoms with Crippen molar-refractivity contribution in [3.8, 4) is 0 Å². The average Bonchev–Trinajstić information content (AvgIpc) is 3.24. The number of aliphatic hydroxyl groups is 1. The highest BCUT2D eigenvalue weighted by molar-refractivity contribution is 5.95. The number of aryl methyl sites for hydroxylation is 1. The van der Waals surface area contributed by atoms with Crippen LogP contribution in [0.5, 0.6) is 0 Å². The van der Waals surface area contributed by atoms with E-state index in [1.54, 1.807) is 17.1 Å². The lowest BCUT2D eigenvalue weighted by Crippen LogP contribution is -2.34. The molecule has 0 fully saturated rings. The minimum absolute atomic E-state index is 0.123. The number of amides is 1. The first-order valence-corrected chi connectivity index (χ1v) is 7.98. The maximum Gasteiger partial charge on any atom is 0.254 e. The van der Waals surface area contributed by atoms with Crippen LogP contribution in [0.2, 0.25) is 0 Å². The molecule has 0 radical (unpaired) electrons. The Hall–Kier alpha value is -3.00. The third-order valence-corrected chi connectivity index (χ3v) is 3.89. The summed E-state index contributed by atoms with van der Waals surface area (Å²) in [5.74, 6) is -0.253. The second-order valence-electron chi connectivity index (χ2n) is 5.78. The number of hydrogen-bond acceptors (Lipinski definition) is 5. The fourth-order valence-electron chi connectivity index (χ4n) is 2.57. The number of nitrogens with zero attached hydrogens (tertiary/aromatic N) is 5. The molecule has 0 aliphatic carbocycles. The zero-order valence-electron chi connectivity index (χ0n) is 13.9. The topological polar surface area (TPSA) is 97.9 Å². The van der Waals surface area contributed by atoms with Crippen LogP contribution in [0.1, 0.15) is 21.6 Å². The van der Waals surface area contributed by atoms with E-state index in [4.69, 9.17) is 0 Å². The predicted molar refractivity (Wildman–Crippen MR) is 90.8 cm³/mol. The molecule has 1 atom stereocenters. The van der Waals surface area contributed by atoms with Gasteiger partial charge in [-0.2, -0.15) is 5.10 Å². The van der Waals surface area contributed by atoms with Gasteiger partial charge in [0.25, 0.3) is 5.91 Å². The molecule has 3 rings (SSSR count). The van der Waals surface area contributed by atoms with Crippen molar-refractivity contribution >= 4 is 5.91 Å². The van der Waals surface area contributed by atoms with Crippen molar-refractivity contribution in [2.75, 3.05) is 6.54 Å². The first kappa shape index (κ1) is 16.8. The highest BCUT2D eigenvalue weighted by Gasteiger charge is 2.17. The summed E-state index contributed by atoms with van der Waals surface area (Å²) in [6.45, 7) is 0.391.